The van der Waals surface area contributed by atoms with Crippen molar-refractivity contribution in [2.24, 2.45) is 0 Å². The predicted molar refractivity (Wildman–Crippen MR) is 64.3 cm³/mol. The van der Waals surface area contributed by atoms with E-state index in [4.69, 9.17) is 0 Å². The fraction of sp³-hybridized carbons (Fsp3) is 0.571. The van der Waals surface area contributed by atoms with Crippen LogP contribution in [0.25, 0.3) is 0 Å². The molecule has 86 valence electrons. The molecule has 1 aromatic rings. The molecule has 1 atom stereocenters. The van der Waals surface area contributed by atoms with Crippen molar-refractivity contribution in [3.8, 4) is 0 Å². The molecular formula is C14H19NO. The molecule has 0 amide bonds. The Morgan fingerprint density at radius 3 is 2.56 bits per heavy atom. The third kappa shape index (κ3) is 2.00. The number of nitrogens with one attached hydrogen (secondary N) is 1. The lowest BCUT2D eigenvalue weighted by Gasteiger charge is -2.12. The fourth-order valence-electron chi connectivity index (χ4n) is 2.57. The molecule has 0 bridgehead atoms. The summed E-state index contributed by atoms with van der Waals surface area (Å²) >= 11 is 0. The maximum Gasteiger partial charge on any atom is 0.0899 e. The molecule has 3 rings (SSSR count). The van der Waals surface area contributed by atoms with Crippen LogP contribution < -0.4 is 5.32 Å². The Morgan fingerprint density at radius 2 is 2.00 bits per heavy atom. The summed E-state index contributed by atoms with van der Waals surface area (Å²) in [4.78, 5) is 0. The van der Waals surface area contributed by atoms with Gasteiger partial charge in [-0.3, -0.25) is 0 Å². The highest BCUT2D eigenvalue weighted by Gasteiger charge is 2.41. The van der Waals surface area contributed by atoms with Gasteiger partial charge in [-0.25, -0.2) is 0 Å². The SMILES string of the molecule is OC1(c2ccc(CC3CCCN3)cc2)CC1. The zero-order valence-corrected chi connectivity index (χ0v) is 9.58. The molecule has 0 radical (unpaired) electrons. The lowest BCUT2D eigenvalue weighted by atomic mass is 10.0. The maximum atomic E-state index is 9.96. The molecule has 1 saturated carbocycles. The second-order valence-electron chi connectivity index (χ2n) is 5.23. The van der Waals surface area contributed by atoms with Crippen LogP contribution in [0.1, 0.15) is 36.8 Å². The number of hydrogen-bond acceptors (Lipinski definition) is 2. The molecule has 0 spiro atoms. The van der Waals surface area contributed by atoms with Crippen molar-refractivity contribution < 1.29 is 5.11 Å². The Bertz CT molecular complexity index is 361. The van der Waals surface area contributed by atoms with E-state index in [2.05, 4.69) is 29.6 Å². The molecule has 2 aliphatic rings. The first kappa shape index (κ1) is 10.3. The monoisotopic (exact) mass is 217 g/mol. The highest BCUT2D eigenvalue weighted by molar-refractivity contribution is 5.31. The molecule has 16 heavy (non-hydrogen) atoms. The average Bonchev–Trinajstić information content (AvgIpc) is 2.85. The molecule has 1 aromatic carbocycles. The quantitative estimate of drug-likeness (QED) is 0.811. The standard InChI is InChI=1S/C14H19NO/c16-14(7-8-14)12-5-3-11(4-6-12)10-13-2-1-9-15-13/h3-6,13,15-16H,1-2,7-10H2. The third-order valence-electron chi connectivity index (χ3n) is 3.86. The van der Waals surface area contributed by atoms with E-state index in [9.17, 15) is 5.11 Å². The molecule has 2 fully saturated rings. The van der Waals surface area contributed by atoms with E-state index in [-0.39, 0.29) is 0 Å². The van der Waals surface area contributed by atoms with Gasteiger partial charge in [0.15, 0.2) is 0 Å². The van der Waals surface area contributed by atoms with Crippen molar-refractivity contribution in [2.45, 2.75) is 43.7 Å². The second-order valence-corrected chi connectivity index (χ2v) is 5.23. The smallest absolute Gasteiger partial charge is 0.0899 e. The van der Waals surface area contributed by atoms with E-state index in [0.717, 1.165) is 24.8 Å². The van der Waals surface area contributed by atoms with Crippen LogP contribution in [-0.2, 0) is 12.0 Å². The third-order valence-corrected chi connectivity index (χ3v) is 3.86. The van der Waals surface area contributed by atoms with Crippen molar-refractivity contribution in [3.05, 3.63) is 35.4 Å². The van der Waals surface area contributed by atoms with E-state index in [1.54, 1.807) is 0 Å². The lowest BCUT2D eigenvalue weighted by molar-refractivity contribution is 0.151. The lowest BCUT2D eigenvalue weighted by Crippen LogP contribution is -2.23. The molecular weight excluding hydrogens is 198 g/mol. The van der Waals surface area contributed by atoms with E-state index in [1.807, 2.05) is 0 Å². The number of benzene rings is 1. The van der Waals surface area contributed by atoms with Crippen LogP contribution >= 0.6 is 0 Å². The topological polar surface area (TPSA) is 32.3 Å². The van der Waals surface area contributed by atoms with Crippen LogP contribution in [0.5, 0.6) is 0 Å². The maximum absolute atomic E-state index is 9.96. The van der Waals surface area contributed by atoms with Crippen LogP contribution in [0.15, 0.2) is 24.3 Å². The highest BCUT2D eigenvalue weighted by Crippen LogP contribution is 2.45. The van der Waals surface area contributed by atoms with Crippen molar-refractivity contribution >= 4 is 0 Å². The average molecular weight is 217 g/mol. The van der Waals surface area contributed by atoms with Crippen molar-refractivity contribution in [3.63, 3.8) is 0 Å². The Morgan fingerprint density at radius 1 is 1.25 bits per heavy atom. The van der Waals surface area contributed by atoms with Gasteiger partial charge in [0.2, 0.25) is 0 Å². The van der Waals surface area contributed by atoms with Crippen molar-refractivity contribution in [1.29, 1.82) is 0 Å². The summed E-state index contributed by atoms with van der Waals surface area (Å²) in [5.41, 5.74) is 1.99. The fourth-order valence-corrected chi connectivity index (χ4v) is 2.57. The molecule has 2 nitrogen and oxygen atoms in total. The summed E-state index contributed by atoms with van der Waals surface area (Å²) in [6, 6.07) is 9.20. The van der Waals surface area contributed by atoms with E-state index >= 15 is 0 Å². The van der Waals surface area contributed by atoms with Crippen LogP contribution in [0.4, 0.5) is 0 Å². The van der Waals surface area contributed by atoms with Gasteiger partial charge in [0.05, 0.1) is 5.60 Å². The molecule has 0 aromatic heterocycles. The van der Waals surface area contributed by atoms with Gasteiger partial charge in [-0.05, 0) is 49.8 Å². The van der Waals surface area contributed by atoms with E-state index in [1.165, 1.54) is 24.9 Å². The summed E-state index contributed by atoms with van der Waals surface area (Å²) in [6.07, 6.45) is 5.58. The molecule has 1 saturated heterocycles. The van der Waals surface area contributed by atoms with Gasteiger partial charge in [-0.2, -0.15) is 0 Å². The van der Waals surface area contributed by atoms with Crippen LogP contribution in [-0.4, -0.2) is 17.7 Å². The molecule has 1 unspecified atom stereocenters. The molecule has 1 aliphatic heterocycles. The number of rotatable bonds is 3. The Hall–Kier alpha value is -0.860. The predicted octanol–water partition coefficient (Wildman–Crippen LogP) is 1.96. The molecule has 2 heteroatoms. The summed E-state index contributed by atoms with van der Waals surface area (Å²) < 4.78 is 0. The molecule has 1 aliphatic carbocycles. The van der Waals surface area contributed by atoms with Crippen molar-refractivity contribution in [1.82, 2.24) is 5.32 Å². The Labute approximate surface area is 96.7 Å². The Balaban J connectivity index is 1.67. The van der Waals surface area contributed by atoms with Gasteiger partial charge in [0.1, 0.15) is 0 Å². The first-order valence-electron chi connectivity index (χ1n) is 6.31. The van der Waals surface area contributed by atoms with Crippen LogP contribution in [0.3, 0.4) is 0 Å². The minimum atomic E-state index is -0.482. The van der Waals surface area contributed by atoms with Gasteiger partial charge < -0.3 is 10.4 Å². The minimum Gasteiger partial charge on any atom is -0.385 e. The Kier molecular flexibility index (Phi) is 2.49. The van der Waals surface area contributed by atoms with E-state index in [0.29, 0.717) is 6.04 Å². The summed E-state index contributed by atoms with van der Waals surface area (Å²) in [5.74, 6) is 0. The first-order valence-corrected chi connectivity index (χ1v) is 6.31. The minimum absolute atomic E-state index is 0.482. The van der Waals surface area contributed by atoms with Crippen LogP contribution in [0.2, 0.25) is 0 Å². The summed E-state index contributed by atoms with van der Waals surface area (Å²) in [5, 5.41) is 13.5. The second kappa shape index (κ2) is 3.86. The molecule has 2 N–H and O–H groups in total. The normalized spacial score (nSPS) is 26.9. The van der Waals surface area contributed by atoms with Gasteiger partial charge in [-0.1, -0.05) is 24.3 Å². The van der Waals surface area contributed by atoms with Crippen LogP contribution in [0, 0.1) is 0 Å². The van der Waals surface area contributed by atoms with Gasteiger partial charge in [0, 0.05) is 6.04 Å². The first-order chi connectivity index (χ1) is 7.76. The highest BCUT2D eigenvalue weighted by atomic mass is 16.3. The molecule has 1 heterocycles. The number of hydrogen-bond donors (Lipinski definition) is 2. The zero-order valence-electron chi connectivity index (χ0n) is 9.58. The van der Waals surface area contributed by atoms with Gasteiger partial charge in [-0.15, -0.1) is 0 Å². The zero-order chi connectivity index (χ0) is 11.0. The van der Waals surface area contributed by atoms with Gasteiger partial charge in [0.25, 0.3) is 0 Å². The largest absolute Gasteiger partial charge is 0.385 e. The van der Waals surface area contributed by atoms with Gasteiger partial charge >= 0.3 is 0 Å². The number of aliphatic hydroxyl groups is 1. The van der Waals surface area contributed by atoms with E-state index < -0.39 is 5.60 Å². The summed E-state index contributed by atoms with van der Waals surface area (Å²) in [6.45, 7) is 1.17. The van der Waals surface area contributed by atoms with Crippen molar-refractivity contribution in [2.75, 3.05) is 6.54 Å². The summed E-state index contributed by atoms with van der Waals surface area (Å²) in [7, 11) is 0.